The minimum Gasteiger partial charge on any atom is -0.241 e. The molecule has 0 radical (unpaired) electrons. The van der Waals surface area contributed by atoms with Crippen molar-refractivity contribution >= 4 is 22.4 Å². The summed E-state index contributed by atoms with van der Waals surface area (Å²) in [4.78, 5) is 3.70. The number of nitrogens with zero attached hydrogens (tertiary/aromatic N) is 1. The molecule has 1 aromatic carbocycles. The van der Waals surface area contributed by atoms with E-state index in [1.165, 1.54) is 0 Å². The lowest BCUT2D eigenvalue weighted by molar-refractivity contribution is 0.634. The first-order chi connectivity index (χ1) is 5.79. The molecule has 1 heterocycles. The van der Waals surface area contributed by atoms with Crippen molar-refractivity contribution in [3.63, 3.8) is 0 Å². The molecule has 2 rings (SSSR count). The van der Waals surface area contributed by atoms with Gasteiger partial charge in [-0.05, 0) is 0 Å². The highest BCUT2D eigenvalue weighted by atomic mass is 35.5. The van der Waals surface area contributed by atoms with E-state index in [2.05, 4.69) is 4.98 Å². The monoisotopic (exact) mass is 181 g/mol. The summed E-state index contributed by atoms with van der Waals surface area (Å²) in [7, 11) is 0. The van der Waals surface area contributed by atoms with Crippen molar-refractivity contribution in [1.29, 1.82) is 0 Å². The second-order valence-corrected chi connectivity index (χ2v) is 2.80. The van der Waals surface area contributed by atoms with Crippen LogP contribution < -0.4 is 0 Å². The zero-order valence-electron chi connectivity index (χ0n) is 6.09. The average Bonchev–Trinajstić information content (AvgIpc) is 2.12. The molecule has 0 saturated heterocycles. The van der Waals surface area contributed by atoms with Crippen molar-refractivity contribution in [3.05, 3.63) is 41.4 Å². The van der Waals surface area contributed by atoms with Gasteiger partial charge < -0.3 is 0 Å². The first-order valence-corrected chi connectivity index (χ1v) is 3.85. The minimum atomic E-state index is -0.338. The van der Waals surface area contributed by atoms with Gasteiger partial charge in [-0.3, -0.25) is 0 Å². The summed E-state index contributed by atoms with van der Waals surface area (Å²) in [6.45, 7) is 0. The number of fused-ring (bicyclic) bond motifs is 1. The van der Waals surface area contributed by atoms with E-state index in [-0.39, 0.29) is 5.82 Å². The second-order valence-electron chi connectivity index (χ2n) is 2.44. The predicted octanol–water partition coefficient (Wildman–Crippen LogP) is 3.03. The number of hydrogen-bond acceptors (Lipinski definition) is 1. The standard InChI is InChI=1S/C9H5ClFN/c10-9-7-4-2-1-3-6(7)8(11)5-12-9/h1-5H. The zero-order valence-corrected chi connectivity index (χ0v) is 6.85. The first kappa shape index (κ1) is 7.50. The number of hydrogen-bond donors (Lipinski definition) is 0. The molecule has 0 saturated carbocycles. The summed E-state index contributed by atoms with van der Waals surface area (Å²) in [5.41, 5.74) is 0. The van der Waals surface area contributed by atoms with Crippen LogP contribution >= 0.6 is 11.6 Å². The lowest BCUT2D eigenvalue weighted by Gasteiger charge is -1.98. The molecule has 2 aromatic rings. The Hall–Kier alpha value is -1.15. The van der Waals surface area contributed by atoms with Crippen molar-refractivity contribution in [2.45, 2.75) is 0 Å². The van der Waals surface area contributed by atoms with Crippen LogP contribution in [0.5, 0.6) is 0 Å². The first-order valence-electron chi connectivity index (χ1n) is 3.48. The highest BCUT2D eigenvalue weighted by Gasteiger charge is 2.03. The smallest absolute Gasteiger partial charge is 0.149 e. The molecule has 0 N–H and O–H groups in total. The van der Waals surface area contributed by atoms with Crippen LogP contribution in [-0.2, 0) is 0 Å². The molecule has 0 fully saturated rings. The third kappa shape index (κ3) is 1.04. The lowest BCUT2D eigenvalue weighted by Crippen LogP contribution is -1.83. The van der Waals surface area contributed by atoms with Crippen LogP contribution in [0.4, 0.5) is 4.39 Å². The zero-order chi connectivity index (χ0) is 8.55. The van der Waals surface area contributed by atoms with E-state index in [1.807, 2.05) is 0 Å². The normalized spacial score (nSPS) is 10.5. The maximum Gasteiger partial charge on any atom is 0.149 e. The van der Waals surface area contributed by atoms with Gasteiger partial charge in [0.05, 0.1) is 6.20 Å². The van der Waals surface area contributed by atoms with Crippen molar-refractivity contribution in [1.82, 2.24) is 4.98 Å². The summed E-state index contributed by atoms with van der Waals surface area (Å²) >= 11 is 5.75. The molecule has 0 aliphatic heterocycles. The van der Waals surface area contributed by atoms with Crippen LogP contribution in [0.3, 0.4) is 0 Å². The Morgan fingerprint density at radius 3 is 2.50 bits per heavy atom. The molecule has 1 nitrogen and oxygen atoms in total. The van der Waals surface area contributed by atoms with E-state index in [4.69, 9.17) is 11.6 Å². The molecule has 0 aliphatic rings. The summed E-state index contributed by atoms with van der Waals surface area (Å²) in [5.74, 6) is -0.338. The van der Waals surface area contributed by atoms with Gasteiger partial charge >= 0.3 is 0 Å². The van der Waals surface area contributed by atoms with Crippen molar-refractivity contribution in [3.8, 4) is 0 Å². The topological polar surface area (TPSA) is 12.9 Å². The van der Waals surface area contributed by atoms with Crippen molar-refractivity contribution in [2.75, 3.05) is 0 Å². The largest absolute Gasteiger partial charge is 0.241 e. The van der Waals surface area contributed by atoms with E-state index in [0.29, 0.717) is 15.9 Å². The van der Waals surface area contributed by atoms with Crippen LogP contribution in [0, 0.1) is 5.82 Å². The fourth-order valence-corrected chi connectivity index (χ4v) is 1.34. The van der Waals surface area contributed by atoms with E-state index >= 15 is 0 Å². The fourth-order valence-electron chi connectivity index (χ4n) is 1.12. The summed E-state index contributed by atoms with van der Waals surface area (Å²) in [5, 5.41) is 1.50. The molecule has 0 atom stereocenters. The Bertz CT molecular complexity index is 387. The van der Waals surface area contributed by atoms with Crippen LogP contribution in [0.15, 0.2) is 30.5 Å². The van der Waals surface area contributed by atoms with Crippen LogP contribution in [0.1, 0.15) is 0 Å². The summed E-state index contributed by atoms with van der Waals surface area (Å²) < 4.78 is 13.0. The minimum absolute atomic E-state index is 0.338. The van der Waals surface area contributed by atoms with Gasteiger partial charge in [0.25, 0.3) is 0 Å². The number of benzene rings is 1. The Balaban J connectivity index is 2.95. The van der Waals surface area contributed by atoms with E-state index in [9.17, 15) is 4.39 Å². The number of halogens is 2. The van der Waals surface area contributed by atoms with Gasteiger partial charge in [0.15, 0.2) is 0 Å². The van der Waals surface area contributed by atoms with E-state index in [0.717, 1.165) is 6.20 Å². The lowest BCUT2D eigenvalue weighted by atomic mass is 10.2. The Morgan fingerprint density at radius 2 is 1.83 bits per heavy atom. The molecule has 0 spiro atoms. The Labute approximate surface area is 73.8 Å². The molecule has 0 bridgehead atoms. The van der Waals surface area contributed by atoms with Crippen LogP contribution in [0.2, 0.25) is 5.15 Å². The molecule has 12 heavy (non-hydrogen) atoms. The highest BCUT2D eigenvalue weighted by Crippen LogP contribution is 2.22. The van der Waals surface area contributed by atoms with Gasteiger partial charge in [0.1, 0.15) is 11.0 Å². The van der Waals surface area contributed by atoms with Crippen LogP contribution in [-0.4, -0.2) is 4.98 Å². The van der Waals surface area contributed by atoms with Gasteiger partial charge in [0, 0.05) is 10.8 Å². The quantitative estimate of drug-likeness (QED) is 0.570. The predicted molar refractivity (Wildman–Crippen MR) is 46.7 cm³/mol. The number of pyridine rings is 1. The van der Waals surface area contributed by atoms with Gasteiger partial charge in [-0.15, -0.1) is 0 Å². The number of rotatable bonds is 0. The average molecular weight is 182 g/mol. The molecule has 0 unspecified atom stereocenters. The van der Waals surface area contributed by atoms with Gasteiger partial charge in [-0.1, -0.05) is 35.9 Å². The van der Waals surface area contributed by atoms with E-state index in [1.54, 1.807) is 24.3 Å². The molecular weight excluding hydrogens is 177 g/mol. The summed E-state index contributed by atoms with van der Waals surface area (Å²) in [6.07, 6.45) is 1.13. The molecule has 1 aromatic heterocycles. The third-order valence-corrected chi connectivity index (χ3v) is 2.00. The van der Waals surface area contributed by atoms with Gasteiger partial charge in [-0.25, -0.2) is 9.37 Å². The molecule has 3 heteroatoms. The Kier molecular flexibility index (Phi) is 1.70. The van der Waals surface area contributed by atoms with Gasteiger partial charge in [0.2, 0.25) is 0 Å². The maximum absolute atomic E-state index is 13.0. The summed E-state index contributed by atoms with van der Waals surface area (Å²) in [6, 6.07) is 6.99. The van der Waals surface area contributed by atoms with Gasteiger partial charge in [-0.2, -0.15) is 0 Å². The van der Waals surface area contributed by atoms with Crippen molar-refractivity contribution < 1.29 is 4.39 Å². The van der Waals surface area contributed by atoms with Crippen molar-refractivity contribution in [2.24, 2.45) is 0 Å². The number of aromatic nitrogens is 1. The fraction of sp³-hybridized carbons (Fsp3) is 0. The molecule has 0 aliphatic carbocycles. The molecule has 60 valence electrons. The third-order valence-electron chi connectivity index (χ3n) is 1.70. The molecule has 0 amide bonds. The Morgan fingerprint density at radius 1 is 1.17 bits per heavy atom. The maximum atomic E-state index is 13.0. The van der Waals surface area contributed by atoms with E-state index < -0.39 is 0 Å². The highest BCUT2D eigenvalue weighted by molar-refractivity contribution is 6.34. The second kappa shape index (κ2) is 2.72. The SMILES string of the molecule is Fc1cnc(Cl)c2ccccc12. The van der Waals surface area contributed by atoms with Crippen LogP contribution in [0.25, 0.3) is 10.8 Å². The molecular formula is C9H5ClFN.